The molecule has 1 aromatic rings. The van der Waals surface area contributed by atoms with Crippen molar-refractivity contribution in [3.05, 3.63) is 28.6 Å². The van der Waals surface area contributed by atoms with Gasteiger partial charge in [0.05, 0.1) is 5.69 Å². The van der Waals surface area contributed by atoms with Crippen molar-refractivity contribution < 1.29 is 0 Å². The molecule has 0 bridgehead atoms. The van der Waals surface area contributed by atoms with Gasteiger partial charge in [-0.25, -0.2) is 0 Å². The van der Waals surface area contributed by atoms with E-state index in [9.17, 15) is 0 Å². The first-order chi connectivity index (χ1) is 7.95. The lowest BCUT2D eigenvalue weighted by atomic mass is 10.0. The van der Waals surface area contributed by atoms with Gasteiger partial charge in [0.25, 0.3) is 0 Å². The van der Waals surface area contributed by atoms with Gasteiger partial charge in [0.15, 0.2) is 0 Å². The van der Waals surface area contributed by atoms with E-state index in [4.69, 9.17) is 5.84 Å². The smallest absolute Gasteiger partial charge is 0.0628 e. The molecule has 0 saturated carbocycles. The van der Waals surface area contributed by atoms with Crippen LogP contribution in [0.25, 0.3) is 0 Å². The summed E-state index contributed by atoms with van der Waals surface area (Å²) in [4.78, 5) is 0. The Balaban J connectivity index is 2.69. The topological polar surface area (TPSA) is 55.9 Å². The van der Waals surface area contributed by atoms with Gasteiger partial charge in [-0.05, 0) is 46.1 Å². The van der Waals surface area contributed by atoms with Crippen LogP contribution in [0.3, 0.4) is 0 Å². The Morgan fingerprint density at radius 2 is 2.12 bits per heavy atom. The van der Waals surface area contributed by atoms with Crippen molar-refractivity contribution in [1.82, 2.24) is 15.2 Å². The Kier molecular flexibility index (Phi) is 4.90. The van der Waals surface area contributed by atoms with E-state index in [0.717, 1.165) is 18.5 Å². The molecular formula is C13H24N4. The quantitative estimate of drug-likeness (QED) is 0.465. The summed E-state index contributed by atoms with van der Waals surface area (Å²) in [6.45, 7) is 8.35. The first-order valence-electron chi connectivity index (χ1n) is 6.06. The molecule has 0 aliphatic heterocycles. The van der Waals surface area contributed by atoms with Gasteiger partial charge in [-0.1, -0.05) is 11.6 Å². The van der Waals surface area contributed by atoms with Crippen LogP contribution in [0.4, 0.5) is 0 Å². The molecule has 4 nitrogen and oxygen atoms in total. The summed E-state index contributed by atoms with van der Waals surface area (Å²) in [6, 6.07) is 0.235. The van der Waals surface area contributed by atoms with E-state index in [1.807, 2.05) is 11.7 Å². The lowest BCUT2D eigenvalue weighted by Crippen LogP contribution is -2.34. The highest BCUT2D eigenvalue weighted by atomic mass is 15.3. The highest BCUT2D eigenvalue weighted by Gasteiger charge is 2.11. The standard InChI is InChI=1S/C13H24N4/c1-9(2)8-12(15-14)6-7-13-10(3)16-17(5)11(13)4/h8,12,15H,6-7,14H2,1-5H3. The second-order valence-corrected chi connectivity index (χ2v) is 4.83. The molecule has 1 unspecified atom stereocenters. The van der Waals surface area contributed by atoms with Crippen LogP contribution in [0.1, 0.15) is 37.2 Å². The molecule has 0 amide bonds. The van der Waals surface area contributed by atoms with Crippen LogP contribution in [-0.2, 0) is 13.5 Å². The Hall–Kier alpha value is -1.13. The van der Waals surface area contributed by atoms with Gasteiger partial charge in [0.2, 0.25) is 0 Å². The van der Waals surface area contributed by atoms with E-state index in [1.165, 1.54) is 16.8 Å². The number of aryl methyl sites for hydroxylation is 2. The molecule has 0 spiro atoms. The minimum Gasteiger partial charge on any atom is -0.272 e. The Labute approximate surface area is 104 Å². The zero-order valence-electron chi connectivity index (χ0n) is 11.5. The highest BCUT2D eigenvalue weighted by molar-refractivity contribution is 5.24. The molecular weight excluding hydrogens is 212 g/mol. The number of aromatic nitrogens is 2. The molecule has 1 atom stereocenters. The van der Waals surface area contributed by atoms with E-state index in [1.54, 1.807) is 0 Å². The number of hydrogen-bond donors (Lipinski definition) is 2. The van der Waals surface area contributed by atoms with Crippen molar-refractivity contribution >= 4 is 0 Å². The first kappa shape index (κ1) is 13.9. The summed E-state index contributed by atoms with van der Waals surface area (Å²) in [5, 5.41) is 4.42. The monoisotopic (exact) mass is 236 g/mol. The molecule has 3 N–H and O–H groups in total. The number of nitrogens with zero attached hydrogens (tertiary/aromatic N) is 2. The van der Waals surface area contributed by atoms with Crippen LogP contribution >= 0.6 is 0 Å². The van der Waals surface area contributed by atoms with E-state index < -0.39 is 0 Å². The van der Waals surface area contributed by atoms with Crippen LogP contribution in [0.2, 0.25) is 0 Å². The SMILES string of the molecule is CC(C)=CC(CCc1c(C)nn(C)c1C)NN. The van der Waals surface area contributed by atoms with Gasteiger partial charge in [-0.3, -0.25) is 16.0 Å². The Morgan fingerprint density at radius 3 is 2.53 bits per heavy atom. The molecule has 0 aromatic carbocycles. The normalized spacial score (nSPS) is 12.6. The van der Waals surface area contributed by atoms with Gasteiger partial charge >= 0.3 is 0 Å². The van der Waals surface area contributed by atoms with Crippen molar-refractivity contribution in [2.24, 2.45) is 12.9 Å². The molecule has 0 saturated heterocycles. The van der Waals surface area contributed by atoms with Crippen molar-refractivity contribution in [1.29, 1.82) is 0 Å². The van der Waals surface area contributed by atoms with E-state index >= 15 is 0 Å². The number of hydrazine groups is 1. The third kappa shape index (κ3) is 3.68. The van der Waals surface area contributed by atoms with Crippen LogP contribution < -0.4 is 11.3 Å². The van der Waals surface area contributed by atoms with Crippen molar-refractivity contribution in [3.8, 4) is 0 Å². The predicted octanol–water partition coefficient (Wildman–Crippen LogP) is 1.77. The lowest BCUT2D eigenvalue weighted by Gasteiger charge is -2.12. The van der Waals surface area contributed by atoms with Crippen molar-refractivity contribution in [2.45, 2.75) is 46.6 Å². The zero-order chi connectivity index (χ0) is 13.0. The largest absolute Gasteiger partial charge is 0.272 e. The molecule has 0 fully saturated rings. The fourth-order valence-corrected chi connectivity index (χ4v) is 2.10. The second-order valence-electron chi connectivity index (χ2n) is 4.83. The number of allylic oxidation sites excluding steroid dienone is 1. The molecule has 96 valence electrons. The number of nitrogens with one attached hydrogen (secondary N) is 1. The fourth-order valence-electron chi connectivity index (χ4n) is 2.10. The first-order valence-corrected chi connectivity index (χ1v) is 6.06. The summed E-state index contributed by atoms with van der Waals surface area (Å²) in [6.07, 6.45) is 4.17. The third-order valence-corrected chi connectivity index (χ3v) is 3.11. The van der Waals surface area contributed by atoms with Crippen LogP contribution in [0, 0.1) is 13.8 Å². The molecule has 1 heterocycles. The van der Waals surface area contributed by atoms with E-state index in [0.29, 0.717) is 0 Å². The van der Waals surface area contributed by atoms with Gasteiger partial charge in [0.1, 0.15) is 0 Å². The summed E-state index contributed by atoms with van der Waals surface area (Å²) >= 11 is 0. The van der Waals surface area contributed by atoms with E-state index in [2.05, 4.69) is 44.3 Å². The Morgan fingerprint density at radius 1 is 1.47 bits per heavy atom. The zero-order valence-corrected chi connectivity index (χ0v) is 11.5. The summed E-state index contributed by atoms with van der Waals surface area (Å²) in [5.41, 5.74) is 7.84. The Bertz CT molecular complexity index is 400. The highest BCUT2D eigenvalue weighted by Crippen LogP contribution is 2.15. The average molecular weight is 236 g/mol. The third-order valence-electron chi connectivity index (χ3n) is 3.11. The van der Waals surface area contributed by atoms with Gasteiger partial charge < -0.3 is 0 Å². The molecule has 4 heteroatoms. The van der Waals surface area contributed by atoms with E-state index in [-0.39, 0.29) is 6.04 Å². The summed E-state index contributed by atoms with van der Waals surface area (Å²) in [7, 11) is 1.99. The minimum absolute atomic E-state index is 0.235. The minimum atomic E-state index is 0.235. The second kappa shape index (κ2) is 5.98. The number of rotatable bonds is 5. The maximum absolute atomic E-state index is 5.55. The summed E-state index contributed by atoms with van der Waals surface area (Å²) < 4.78 is 1.94. The molecule has 0 aliphatic carbocycles. The maximum Gasteiger partial charge on any atom is 0.0628 e. The fraction of sp³-hybridized carbons (Fsp3) is 0.615. The van der Waals surface area contributed by atoms with Crippen LogP contribution in [0.5, 0.6) is 0 Å². The van der Waals surface area contributed by atoms with Gasteiger partial charge in [-0.15, -0.1) is 0 Å². The van der Waals surface area contributed by atoms with Crippen LogP contribution in [0.15, 0.2) is 11.6 Å². The number of hydrogen-bond acceptors (Lipinski definition) is 3. The average Bonchev–Trinajstić information content (AvgIpc) is 2.49. The lowest BCUT2D eigenvalue weighted by molar-refractivity contribution is 0.572. The number of nitrogens with two attached hydrogens (primary N) is 1. The molecule has 0 radical (unpaired) electrons. The van der Waals surface area contributed by atoms with Crippen molar-refractivity contribution in [3.63, 3.8) is 0 Å². The molecule has 1 rings (SSSR count). The molecule has 1 aromatic heterocycles. The van der Waals surface area contributed by atoms with Gasteiger partial charge in [-0.2, -0.15) is 5.10 Å². The van der Waals surface area contributed by atoms with Crippen molar-refractivity contribution in [2.75, 3.05) is 0 Å². The summed E-state index contributed by atoms with van der Waals surface area (Å²) in [5.74, 6) is 5.55. The predicted molar refractivity (Wildman–Crippen MR) is 71.5 cm³/mol. The molecule has 0 aliphatic rings. The molecule has 17 heavy (non-hydrogen) atoms. The van der Waals surface area contributed by atoms with Crippen LogP contribution in [-0.4, -0.2) is 15.8 Å². The van der Waals surface area contributed by atoms with Gasteiger partial charge in [0, 0.05) is 18.8 Å². The maximum atomic E-state index is 5.55.